The van der Waals surface area contributed by atoms with Gasteiger partial charge in [-0.15, -0.1) is 12.4 Å². The molecule has 1 fully saturated rings. The second-order valence-corrected chi connectivity index (χ2v) is 6.30. The Balaban J connectivity index is 0.00000261. The van der Waals surface area contributed by atoms with Gasteiger partial charge in [0, 0.05) is 36.1 Å². The van der Waals surface area contributed by atoms with E-state index in [-0.39, 0.29) is 36.2 Å². The SMILES string of the molecule is Cl.Nc1cccc(C(=O)N2CCC(NC(=O)Nc3ccc(F)cc3)CC2)c1. The Hall–Kier alpha value is -2.80. The van der Waals surface area contributed by atoms with Gasteiger partial charge in [0.25, 0.3) is 5.91 Å². The predicted molar refractivity (Wildman–Crippen MR) is 106 cm³/mol. The molecule has 2 aromatic carbocycles. The number of anilines is 2. The fraction of sp³-hybridized carbons (Fsp3) is 0.263. The topological polar surface area (TPSA) is 87.5 Å². The van der Waals surface area contributed by atoms with Crippen LogP contribution in [-0.2, 0) is 0 Å². The smallest absolute Gasteiger partial charge is 0.319 e. The standard InChI is InChI=1S/C19H21FN4O2.ClH/c20-14-4-6-16(7-5-14)22-19(26)23-17-8-10-24(11-9-17)18(25)13-2-1-3-15(21)12-13;/h1-7,12,17H,8-11,21H2,(H2,22,23,26);1H. The molecular formula is C19H22ClFN4O2. The fourth-order valence-corrected chi connectivity index (χ4v) is 2.97. The molecule has 1 aliphatic rings. The number of amides is 3. The van der Waals surface area contributed by atoms with E-state index in [1.165, 1.54) is 24.3 Å². The minimum atomic E-state index is -0.354. The van der Waals surface area contributed by atoms with Gasteiger partial charge in [0.05, 0.1) is 0 Å². The summed E-state index contributed by atoms with van der Waals surface area (Å²) in [5.74, 6) is -0.403. The highest BCUT2D eigenvalue weighted by Gasteiger charge is 2.24. The van der Waals surface area contributed by atoms with Gasteiger partial charge in [-0.25, -0.2) is 9.18 Å². The molecule has 0 aromatic heterocycles. The van der Waals surface area contributed by atoms with Gasteiger partial charge in [0.15, 0.2) is 0 Å². The Kier molecular flexibility index (Phi) is 7.01. The van der Waals surface area contributed by atoms with Crippen molar-refractivity contribution in [1.82, 2.24) is 10.2 Å². The number of likely N-dealkylation sites (tertiary alicyclic amines) is 1. The molecule has 1 saturated heterocycles. The summed E-state index contributed by atoms with van der Waals surface area (Å²) in [5.41, 5.74) is 7.39. The number of piperidine rings is 1. The van der Waals surface area contributed by atoms with Crippen molar-refractivity contribution in [1.29, 1.82) is 0 Å². The lowest BCUT2D eigenvalue weighted by atomic mass is 10.0. The minimum Gasteiger partial charge on any atom is -0.399 e. The highest BCUT2D eigenvalue weighted by molar-refractivity contribution is 5.95. The third-order valence-electron chi connectivity index (χ3n) is 4.35. The number of nitrogens with two attached hydrogens (primary N) is 1. The molecule has 27 heavy (non-hydrogen) atoms. The first-order valence-electron chi connectivity index (χ1n) is 8.49. The Morgan fingerprint density at radius 1 is 1.07 bits per heavy atom. The lowest BCUT2D eigenvalue weighted by Gasteiger charge is -2.32. The van der Waals surface area contributed by atoms with Crippen LogP contribution in [0.2, 0.25) is 0 Å². The van der Waals surface area contributed by atoms with Crippen molar-refractivity contribution >= 4 is 35.7 Å². The Morgan fingerprint density at radius 2 is 1.74 bits per heavy atom. The molecule has 0 spiro atoms. The lowest BCUT2D eigenvalue weighted by Crippen LogP contribution is -2.47. The molecule has 0 radical (unpaired) electrons. The van der Waals surface area contributed by atoms with Crippen molar-refractivity contribution in [2.75, 3.05) is 24.1 Å². The molecule has 0 unspecified atom stereocenters. The number of nitrogen functional groups attached to an aromatic ring is 1. The minimum absolute atomic E-state index is 0. The number of carbonyl (C=O) groups excluding carboxylic acids is 2. The van der Waals surface area contributed by atoms with Crippen LogP contribution >= 0.6 is 12.4 Å². The summed E-state index contributed by atoms with van der Waals surface area (Å²) >= 11 is 0. The van der Waals surface area contributed by atoms with Gasteiger partial charge in [0.2, 0.25) is 0 Å². The van der Waals surface area contributed by atoms with Gasteiger partial charge in [-0.1, -0.05) is 6.07 Å². The summed E-state index contributed by atoms with van der Waals surface area (Å²) < 4.78 is 12.9. The van der Waals surface area contributed by atoms with E-state index in [0.29, 0.717) is 42.9 Å². The number of hydrogen-bond acceptors (Lipinski definition) is 3. The molecule has 3 amide bonds. The van der Waals surface area contributed by atoms with Crippen molar-refractivity contribution in [3.8, 4) is 0 Å². The van der Waals surface area contributed by atoms with Crippen molar-refractivity contribution in [3.63, 3.8) is 0 Å². The molecule has 2 aromatic rings. The van der Waals surface area contributed by atoms with Crippen LogP contribution in [0.25, 0.3) is 0 Å². The zero-order valence-corrected chi connectivity index (χ0v) is 15.5. The van der Waals surface area contributed by atoms with Crippen LogP contribution in [-0.4, -0.2) is 36.0 Å². The molecule has 0 atom stereocenters. The summed E-state index contributed by atoms with van der Waals surface area (Å²) in [6.07, 6.45) is 1.34. The maximum Gasteiger partial charge on any atom is 0.319 e. The second-order valence-electron chi connectivity index (χ2n) is 6.30. The summed E-state index contributed by atoms with van der Waals surface area (Å²) in [5, 5.41) is 5.56. The van der Waals surface area contributed by atoms with Crippen LogP contribution in [0.4, 0.5) is 20.6 Å². The molecule has 6 nitrogen and oxygen atoms in total. The number of urea groups is 1. The van der Waals surface area contributed by atoms with Gasteiger partial charge in [0.1, 0.15) is 5.82 Å². The van der Waals surface area contributed by atoms with Crippen LogP contribution < -0.4 is 16.4 Å². The number of halogens is 2. The largest absolute Gasteiger partial charge is 0.399 e. The van der Waals surface area contributed by atoms with E-state index < -0.39 is 0 Å². The number of carbonyl (C=O) groups is 2. The van der Waals surface area contributed by atoms with Gasteiger partial charge in [-0.05, 0) is 55.3 Å². The Bertz CT molecular complexity index is 793. The summed E-state index contributed by atoms with van der Waals surface area (Å²) in [7, 11) is 0. The maximum absolute atomic E-state index is 12.9. The van der Waals surface area contributed by atoms with Gasteiger partial charge < -0.3 is 21.3 Å². The number of nitrogens with zero attached hydrogens (tertiary/aromatic N) is 1. The van der Waals surface area contributed by atoms with Gasteiger partial charge in [-0.3, -0.25) is 4.79 Å². The third-order valence-corrected chi connectivity index (χ3v) is 4.35. The highest BCUT2D eigenvalue weighted by atomic mass is 35.5. The molecular weight excluding hydrogens is 371 g/mol. The predicted octanol–water partition coefficient (Wildman–Crippen LogP) is 3.26. The first kappa shape index (κ1) is 20.5. The molecule has 1 aliphatic heterocycles. The molecule has 144 valence electrons. The van der Waals surface area contributed by atoms with Crippen molar-refractivity contribution in [2.24, 2.45) is 0 Å². The number of hydrogen-bond donors (Lipinski definition) is 3. The zero-order valence-electron chi connectivity index (χ0n) is 14.7. The average Bonchev–Trinajstić information content (AvgIpc) is 2.64. The molecule has 4 N–H and O–H groups in total. The third kappa shape index (κ3) is 5.59. The molecule has 3 rings (SSSR count). The number of benzene rings is 2. The van der Waals surface area contributed by atoms with Crippen molar-refractivity contribution < 1.29 is 14.0 Å². The number of nitrogens with one attached hydrogen (secondary N) is 2. The molecule has 8 heteroatoms. The first-order chi connectivity index (χ1) is 12.5. The van der Waals surface area contributed by atoms with Crippen molar-refractivity contribution in [2.45, 2.75) is 18.9 Å². The quantitative estimate of drug-likeness (QED) is 0.700. The zero-order chi connectivity index (χ0) is 18.5. The summed E-state index contributed by atoms with van der Waals surface area (Å²) in [6, 6.07) is 12.2. The average molecular weight is 393 g/mol. The molecule has 0 aliphatic carbocycles. The van der Waals surface area contributed by atoms with E-state index in [2.05, 4.69) is 10.6 Å². The van der Waals surface area contributed by atoms with E-state index >= 15 is 0 Å². The van der Waals surface area contributed by atoms with E-state index in [9.17, 15) is 14.0 Å². The van der Waals surface area contributed by atoms with Crippen LogP contribution in [0.15, 0.2) is 48.5 Å². The normalized spacial score (nSPS) is 14.2. The molecule has 1 heterocycles. The second kappa shape index (κ2) is 9.23. The van der Waals surface area contributed by atoms with Crippen molar-refractivity contribution in [3.05, 3.63) is 59.9 Å². The van der Waals surface area contributed by atoms with E-state index in [4.69, 9.17) is 5.73 Å². The van der Waals surface area contributed by atoms with E-state index in [1.807, 2.05) is 0 Å². The lowest BCUT2D eigenvalue weighted by molar-refractivity contribution is 0.0709. The summed E-state index contributed by atoms with van der Waals surface area (Å²) in [4.78, 5) is 26.3. The summed E-state index contributed by atoms with van der Waals surface area (Å²) in [6.45, 7) is 1.13. The Labute approximate surface area is 163 Å². The van der Waals surface area contributed by atoms with E-state index in [1.54, 1.807) is 29.2 Å². The van der Waals surface area contributed by atoms with Gasteiger partial charge >= 0.3 is 6.03 Å². The fourth-order valence-electron chi connectivity index (χ4n) is 2.97. The monoisotopic (exact) mass is 392 g/mol. The Morgan fingerprint density at radius 3 is 2.37 bits per heavy atom. The van der Waals surface area contributed by atoms with E-state index in [0.717, 1.165) is 0 Å². The van der Waals surface area contributed by atoms with Crippen LogP contribution in [0, 0.1) is 5.82 Å². The van der Waals surface area contributed by atoms with Crippen LogP contribution in [0.5, 0.6) is 0 Å². The maximum atomic E-state index is 12.9. The van der Waals surface area contributed by atoms with Crippen LogP contribution in [0.3, 0.4) is 0 Å². The number of rotatable bonds is 3. The molecule has 0 bridgehead atoms. The van der Waals surface area contributed by atoms with Gasteiger partial charge in [-0.2, -0.15) is 0 Å². The molecule has 0 saturated carbocycles. The first-order valence-corrected chi connectivity index (χ1v) is 8.49. The highest BCUT2D eigenvalue weighted by Crippen LogP contribution is 2.16. The van der Waals surface area contributed by atoms with Crippen LogP contribution in [0.1, 0.15) is 23.2 Å².